The van der Waals surface area contributed by atoms with Crippen molar-refractivity contribution in [3.63, 3.8) is 0 Å². The summed E-state index contributed by atoms with van der Waals surface area (Å²) >= 11 is 6.03. The van der Waals surface area contributed by atoms with Crippen molar-refractivity contribution < 1.29 is 19.0 Å². The number of rotatable bonds is 6. The van der Waals surface area contributed by atoms with Crippen LogP contribution in [0.25, 0.3) is 11.3 Å². The molecule has 1 aliphatic rings. The van der Waals surface area contributed by atoms with Gasteiger partial charge in [-0.15, -0.1) is 0 Å². The molecule has 1 saturated heterocycles. The van der Waals surface area contributed by atoms with Crippen LogP contribution in [0.15, 0.2) is 48.7 Å². The first-order chi connectivity index (χ1) is 16.0. The van der Waals surface area contributed by atoms with Crippen molar-refractivity contribution in [1.29, 1.82) is 0 Å². The van der Waals surface area contributed by atoms with Crippen molar-refractivity contribution in [3.8, 4) is 28.5 Å². The van der Waals surface area contributed by atoms with Crippen molar-refractivity contribution in [2.45, 2.75) is 0 Å². The largest absolute Gasteiger partial charge is 0.493 e. The van der Waals surface area contributed by atoms with Crippen molar-refractivity contribution in [3.05, 3.63) is 59.2 Å². The van der Waals surface area contributed by atoms with E-state index in [9.17, 15) is 4.79 Å². The van der Waals surface area contributed by atoms with E-state index in [1.807, 2.05) is 23.1 Å². The van der Waals surface area contributed by atoms with E-state index in [2.05, 4.69) is 9.88 Å². The number of hydrogen-bond donors (Lipinski definition) is 0. The van der Waals surface area contributed by atoms with Crippen LogP contribution in [0.2, 0.25) is 5.02 Å². The van der Waals surface area contributed by atoms with Gasteiger partial charge in [0.05, 0.1) is 27.0 Å². The fraction of sp³-hybridized carbons (Fsp3) is 0.292. The normalized spacial score (nSPS) is 13.6. The Morgan fingerprint density at radius 1 is 0.939 bits per heavy atom. The molecule has 0 N–H and O–H groups in total. The molecule has 9 heteroatoms. The lowest BCUT2D eigenvalue weighted by molar-refractivity contribution is 0.0746. The Bertz CT molecular complexity index is 1120. The first-order valence-electron chi connectivity index (χ1n) is 10.5. The molecule has 2 heterocycles. The molecule has 4 rings (SSSR count). The lowest BCUT2D eigenvalue weighted by atomic mass is 10.1. The molecule has 0 atom stereocenters. The van der Waals surface area contributed by atoms with Gasteiger partial charge in [-0.05, 0) is 36.4 Å². The number of benzene rings is 2. The van der Waals surface area contributed by atoms with Crippen molar-refractivity contribution in [2.24, 2.45) is 0 Å². The Balaban J connectivity index is 1.51. The van der Waals surface area contributed by atoms with Gasteiger partial charge in [0.1, 0.15) is 0 Å². The molecular weight excluding hydrogens is 444 g/mol. The van der Waals surface area contributed by atoms with Gasteiger partial charge < -0.3 is 24.0 Å². The minimum absolute atomic E-state index is 0.0239. The second-order valence-electron chi connectivity index (χ2n) is 7.45. The number of amides is 1. The summed E-state index contributed by atoms with van der Waals surface area (Å²) < 4.78 is 16.3. The third-order valence-electron chi connectivity index (χ3n) is 5.52. The molecule has 0 unspecified atom stereocenters. The third kappa shape index (κ3) is 4.80. The van der Waals surface area contributed by atoms with E-state index in [-0.39, 0.29) is 5.91 Å². The molecule has 0 radical (unpaired) electrons. The number of aromatic nitrogens is 2. The summed E-state index contributed by atoms with van der Waals surface area (Å²) in [6.07, 6.45) is 1.73. The first-order valence-corrected chi connectivity index (χ1v) is 10.8. The molecule has 1 aromatic heterocycles. The topological polar surface area (TPSA) is 77.0 Å². The van der Waals surface area contributed by atoms with Gasteiger partial charge in [0.25, 0.3) is 5.91 Å². The van der Waals surface area contributed by atoms with E-state index < -0.39 is 0 Å². The van der Waals surface area contributed by atoms with Gasteiger partial charge in [-0.25, -0.2) is 9.97 Å². The minimum atomic E-state index is -0.0239. The second-order valence-corrected chi connectivity index (χ2v) is 7.88. The highest BCUT2D eigenvalue weighted by Gasteiger charge is 2.24. The standard InChI is InChI=1S/C24H25ClN4O4/c1-31-20-14-17(15-21(32-2)22(20)33-3)19-7-8-26-24(27-19)29-11-9-28(10-12-29)23(30)16-5-4-6-18(25)13-16/h4-8,13-15H,9-12H2,1-3H3. The molecule has 8 nitrogen and oxygen atoms in total. The monoisotopic (exact) mass is 468 g/mol. The number of piperazine rings is 1. The maximum absolute atomic E-state index is 12.8. The van der Waals surface area contributed by atoms with Crippen LogP contribution in [0.3, 0.4) is 0 Å². The van der Waals surface area contributed by atoms with E-state index in [1.165, 1.54) is 0 Å². The molecule has 0 spiro atoms. The number of methoxy groups -OCH3 is 3. The van der Waals surface area contributed by atoms with E-state index >= 15 is 0 Å². The molecule has 1 amide bonds. The summed E-state index contributed by atoms with van der Waals surface area (Å²) in [5.74, 6) is 2.22. The third-order valence-corrected chi connectivity index (χ3v) is 5.76. The predicted octanol–water partition coefficient (Wildman–Crippen LogP) is 3.79. The average molecular weight is 469 g/mol. The van der Waals surface area contributed by atoms with Gasteiger partial charge in [0.2, 0.25) is 11.7 Å². The van der Waals surface area contributed by atoms with Gasteiger partial charge in [0.15, 0.2) is 11.5 Å². The molecule has 1 fully saturated rings. The molecule has 172 valence electrons. The number of carbonyl (C=O) groups is 1. The summed E-state index contributed by atoms with van der Waals surface area (Å²) in [7, 11) is 4.73. The van der Waals surface area contributed by atoms with Gasteiger partial charge in [0, 0.05) is 48.5 Å². The van der Waals surface area contributed by atoms with Gasteiger partial charge in [-0.3, -0.25) is 4.79 Å². The SMILES string of the molecule is COc1cc(-c2ccnc(N3CCN(C(=O)c4cccc(Cl)c4)CC3)n2)cc(OC)c1OC. The summed E-state index contributed by atoms with van der Waals surface area (Å²) in [5, 5.41) is 0.552. The van der Waals surface area contributed by atoms with Crippen molar-refractivity contribution in [2.75, 3.05) is 52.4 Å². The Kier molecular flexibility index (Phi) is 6.84. The maximum Gasteiger partial charge on any atom is 0.254 e. The highest BCUT2D eigenvalue weighted by Crippen LogP contribution is 2.40. The van der Waals surface area contributed by atoms with Crippen LogP contribution < -0.4 is 19.1 Å². The van der Waals surface area contributed by atoms with Crippen LogP contribution in [0, 0.1) is 0 Å². The molecule has 0 bridgehead atoms. The fourth-order valence-electron chi connectivity index (χ4n) is 3.80. The van der Waals surface area contributed by atoms with Gasteiger partial charge in [-0.2, -0.15) is 0 Å². The zero-order valence-electron chi connectivity index (χ0n) is 18.7. The zero-order valence-corrected chi connectivity index (χ0v) is 19.5. The smallest absolute Gasteiger partial charge is 0.254 e. The Hall–Kier alpha value is -3.52. The lowest BCUT2D eigenvalue weighted by Crippen LogP contribution is -2.49. The van der Waals surface area contributed by atoms with Crippen molar-refractivity contribution in [1.82, 2.24) is 14.9 Å². The van der Waals surface area contributed by atoms with Gasteiger partial charge >= 0.3 is 0 Å². The summed E-state index contributed by atoms with van der Waals surface area (Å²) in [5.41, 5.74) is 2.15. The van der Waals surface area contributed by atoms with Gasteiger partial charge in [-0.1, -0.05) is 17.7 Å². The molecule has 3 aromatic rings. The quantitative estimate of drug-likeness (QED) is 0.544. The molecule has 0 aliphatic carbocycles. The van der Waals surface area contributed by atoms with Crippen molar-refractivity contribution >= 4 is 23.5 Å². The molecule has 2 aromatic carbocycles. The summed E-state index contributed by atoms with van der Waals surface area (Å²) in [6.45, 7) is 2.41. The number of anilines is 1. The molecule has 1 aliphatic heterocycles. The highest BCUT2D eigenvalue weighted by molar-refractivity contribution is 6.30. The molecule has 0 saturated carbocycles. The average Bonchev–Trinajstić information content (AvgIpc) is 2.87. The number of carbonyl (C=O) groups excluding carboxylic acids is 1. The Morgan fingerprint density at radius 3 is 2.24 bits per heavy atom. The van der Waals surface area contributed by atoms with E-state index in [0.29, 0.717) is 60.0 Å². The first kappa shape index (κ1) is 22.7. The fourth-order valence-corrected chi connectivity index (χ4v) is 3.99. The molecule has 33 heavy (non-hydrogen) atoms. The number of nitrogens with zero attached hydrogens (tertiary/aromatic N) is 4. The van der Waals surface area contributed by atoms with Crippen LogP contribution >= 0.6 is 11.6 Å². The zero-order chi connectivity index (χ0) is 23.4. The highest BCUT2D eigenvalue weighted by atomic mass is 35.5. The number of halogens is 1. The van der Waals surface area contributed by atoms with E-state index in [0.717, 1.165) is 11.3 Å². The lowest BCUT2D eigenvalue weighted by Gasteiger charge is -2.34. The van der Waals surface area contributed by atoms with Crippen LogP contribution in [-0.2, 0) is 0 Å². The number of hydrogen-bond acceptors (Lipinski definition) is 7. The van der Waals surface area contributed by atoms with Crippen LogP contribution in [0.5, 0.6) is 17.2 Å². The number of ether oxygens (including phenoxy) is 3. The second kappa shape index (κ2) is 9.95. The maximum atomic E-state index is 12.8. The molecular formula is C24H25ClN4O4. The van der Waals surface area contributed by atoms with E-state index in [4.69, 9.17) is 30.8 Å². The Labute approximate surface area is 197 Å². The van der Waals surface area contributed by atoms with E-state index in [1.54, 1.807) is 51.8 Å². The van der Waals surface area contributed by atoms with Crippen LogP contribution in [-0.4, -0.2) is 68.3 Å². The Morgan fingerprint density at radius 2 is 1.64 bits per heavy atom. The van der Waals surface area contributed by atoms with Crippen LogP contribution in [0.1, 0.15) is 10.4 Å². The predicted molar refractivity (Wildman–Crippen MR) is 127 cm³/mol. The van der Waals surface area contributed by atoms with Crippen LogP contribution in [0.4, 0.5) is 5.95 Å². The summed E-state index contributed by atoms with van der Waals surface area (Å²) in [6, 6.07) is 12.6. The minimum Gasteiger partial charge on any atom is -0.493 e. The summed E-state index contributed by atoms with van der Waals surface area (Å²) in [4.78, 5) is 25.9.